The summed E-state index contributed by atoms with van der Waals surface area (Å²) in [5.74, 6) is 1.61. The molecule has 1 aromatic rings. The molecule has 1 rings (SSSR count). The molecule has 0 bridgehead atoms. The van der Waals surface area contributed by atoms with E-state index in [4.69, 9.17) is 16.3 Å². The third kappa shape index (κ3) is 4.04. The van der Waals surface area contributed by atoms with Crippen molar-refractivity contribution in [2.75, 3.05) is 12.4 Å². The lowest BCUT2D eigenvalue weighted by Gasteiger charge is -2.11. The highest BCUT2D eigenvalue weighted by molar-refractivity contribution is 9.09. The highest BCUT2D eigenvalue weighted by atomic mass is 79.9. The van der Waals surface area contributed by atoms with E-state index < -0.39 is 0 Å². The molecule has 3 heteroatoms. The van der Waals surface area contributed by atoms with Crippen LogP contribution in [0.1, 0.15) is 18.9 Å². The van der Waals surface area contributed by atoms with E-state index in [2.05, 4.69) is 22.9 Å². The molecule has 0 aromatic heterocycles. The highest BCUT2D eigenvalue weighted by Crippen LogP contribution is 2.25. The molecule has 0 saturated carbocycles. The van der Waals surface area contributed by atoms with E-state index in [0.29, 0.717) is 5.92 Å². The number of alkyl halides is 1. The minimum atomic E-state index is 0.675. The van der Waals surface area contributed by atoms with Crippen LogP contribution in [0, 0.1) is 5.92 Å². The van der Waals surface area contributed by atoms with Crippen molar-refractivity contribution in [1.82, 2.24) is 0 Å². The molecular weight excluding hydrogens is 275 g/mol. The topological polar surface area (TPSA) is 9.23 Å². The van der Waals surface area contributed by atoms with Gasteiger partial charge in [0.25, 0.3) is 0 Å². The van der Waals surface area contributed by atoms with Crippen LogP contribution in [0.15, 0.2) is 18.2 Å². The average molecular weight is 292 g/mol. The molecule has 84 valence electrons. The van der Waals surface area contributed by atoms with Crippen molar-refractivity contribution < 1.29 is 4.74 Å². The van der Waals surface area contributed by atoms with Crippen molar-refractivity contribution in [3.63, 3.8) is 0 Å². The molecule has 1 nitrogen and oxygen atoms in total. The summed E-state index contributed by atoms with van der Waals surface area (Å²) in [5.41, 5.74) is 1.19. The van der Waals surface area contributed by atoms with E-state index in [9.17, 15) is 0 Å². The predicted molar refractivity (Wildman–Crippen MR) is 69.3 cm³/mol. The molecule has 0 spiro atoms. The SMILES string of the molecule is COc1ccc(Cl)cc1CCC(C)CBr. The van der Waals surface area contributed by atoms with Gasteiger partial charge in [-0.25, -0.2) is 0 Å². The zero-order valence-corrected chi connectivity index (χ0v) is 11.4. The zero-order valence-electron chi connectivity index (χ0n) is 9.09. The molecular formula is C12H16BrClO. The second-order valence-electron chi connectivity index (χ2n) is 3.75. The first-order valence-corrected chi connectivity index (χ1v) is 6.55. The van der Waals surface area contributed by atoms with Crippen LogP contribution in [0.2, 0.25) is 5.02 Å². The lowest BCUT2D eigenvalue weighted by atomic mass is 10.0. The Hall–Kier alpha value is -0.210. The number of halogens is 2. The molecule has 0 radical (unpaired) electrons. The van der Waals surface area contributed by atoms with Gasteiger partial charge in [0, 0.05) is 10.4 Å². The van der Waals surface area contributed by atoms with E-state index in [0.717, 1.165) is 28.9 Å². The molecule has 0 saturated heterocycles. The van der Waals surface area contributed by atoms with E-state index >= 15 is 0 Å². The summed E-state index contributed by atoms with van der Waals surface area (Å²) < 4.78 is 5.30. The number of ether oxygens (including phenoxy) is 1. The van der Waals surface area contributed by atoms with Gasteiger partial charge >= 0.3 is 0 Å². The van der Waals surface area contributed by atoms with Crippen molar-refractivity contribution in [2.45, 2.75) is 19.8 Å². The number of methoxy groups -OCH3 is 1. The van der Waals surface area contributed by atoms with Crippen molar-refractivity contribution >= 4 is 27.5 Å². The lowest BCUT2D eigenvalue weighted by Crippen LogP contribution is -2.00. The molecule has 15 heavy (non-hydrogen) atoms. The number of rotatable bonds is 5. The maximum Gasteiger partial charge on any atom is 0.122 e. The van der Waals surface area contributed by atoms with Gasteiger partial charge in [-0.05, 0) is 42.5 Å². The van der Waals surface area contributed by atoms with Crippen LogP contribution >= 0.6 is 27.5 Å². The number of hydrogen-bond acceptors (Lipinski definition) is 1. The molecule has 1 atom stereocenters. The Morgan fingerprint density at radius 3 is 2.80 bits per heavy atom. The van der Waals surface area contributed by atoms with Gasteiger partial charge in [-0.1, -0.05) is 34.5 Å². The number of hydrogen-bond donors (Lipinski definition) is 0. The van der Waals surface area contributed by atoms with Gasteiger partial charge in [-0.15, -0.1) is 0 Å². The van der Waals surface area contributed by atoms with Crippen LogP contribution in [-0.4, -0.2) is 12.4 Å². The lowest BCUT2D eigenvalue weighted by molar-refractivity contribution is 0.408. The minimum Gasteiger partial charge on any atom is -0.496 e. The fraction of sp³-hybridized carbons (Fsp3) is 0.500. The van der Waals surface area contributed by atoms with Crippen LogP contribution < -0.4 is 4.74 Å². The van der Waals surface area contributed by atoms with Crippen LogP contribution in [-0.2, 0) is 6.42 Å². The van der Waals surface area contributed by atoms with Crippen LogP contribution in [0.25, 0.3) is 0 Å². The summed E-state index contributed by atoms with van der Waals surface area (Å²) in [5, 5.41) is 1.81. The summed E-state index contributed by atoms with van der Waals surface area (Å²) in [6, 6.07) is 5.77. The first kappa shape index (κ1) is 12.9. The Balaban J connectivity index is 2.69. The van der Waals surface area contributed by atoms with Gasteiger partial charge in [0.1, 0.15) is 5.75 Å². The Bertz CT molecular complexity index is 314. The second-order valence-corrected chi connectivity index (χ2v) is 4.84. The smallest absolute Gasteiger partial charge is 0.122 e. The fourth-order valence-corrected chi connectivity index (χ4v) is 1.94. The van der Waals surface area contributed by atoms with Gasteiger partial charge < -0.3 is 4.74 Å². The summed E-state index contributed by atoms with van der Waals surface area (Å²) in [4.78, 5) is 0. The summed E-state index contributed by atoms with van der Waals surface area (Å²) in [6.07, 6.45) is 2.15. The maximum absolute atomic E-state index is 5.96. The number of benzene rings is 1. The Morgan fingerprint density at radius 2 is 2.20 bits per heavy atom. The monoisotopic (exact) mass is 290 g/mol. The Labute approximate surface area is 105 Å². The summed E-state index contributed by atoms with van der Waals surface area (Å²) >= 11 is 9.44. The molecule has 0 amide bonds. The highest BCUT2D eigenvalue weighted by Gasteiger charge is 2.06. The molecule has 1 unspecified atom stereocenters. The molecule has 0 N–H and O–H groups in total. The zero-order chi connectivity index (χ0) is 11.3. The van der Waals surface area contributed by atoms with Crippen molar-refractivity contribution in [2.24, 2.45) is 5.92 Å². The van der Waals surface area contributed by atoms with E-state index in [1.54, 1.807) is 7.11 Å². The van der Waals surface area contributed by atoms with Gasteiger partial charge in [-0.3, -0.25) is 0 Å². The molecule has 0 fully saturated rings. The minimum absolute atomic E-state index is 0.675. The first-order chi connectivity index (χ1) is 7.17. The van der Waals surface area contributed by atoms with Crippen LogP contribution in [0.5, 0.6) is 5.75 Å². The van der Waals surface area contributed by atoms with Crippen LogP contribution in [0.3, 0.4) is 0 Å². The third-order valence-electron chi connectivity index (χ3n) is 2.41. The molecule has 0 aliphatic carbocycles. The maximum atomic E-state index is 5.96. The summed E-state index contributed by atoms with van der Waals surface area (Å²) in [6.45, 7) is 2.23. The van der Waals surface area contributed by atoms with E-state index in [1.165, 1.54) is 5.56 Å². The van der Waals surface area contributed by atoms with E-state index in [-0.39, 0.29) is 0 Å². The van der Waals surface area contributed by atoms with E-state index in [1.807, 2.05) is 18.2 Å². The molecule has 0 aliphatic rings. The normalized spacial score (nSPS) is 12.5. The van der Waals surface area contributed by atoms with Gasteiger partial charge in [0.2, 0.25) is 0 Å². The van der Waals surface area contributed by atoms with Gasteiger partial charge in [-0.2, -0.15) is 0 Å². The Morgan fingerprint density at radius 1 is 1.47 bits per heavy atom. The molecule has 0 heterocycles. The average Bonchev–Trinajstić information content (AvgIpc) is 2.26. The first-order valence-electron chi connectivity index (χ1n) is 5.05. The summed E-state index contributed by atoms with van der Waals surface area (Å²) in [7, 11) is 1.70. The fourth-order valence-electron chi connectivity index (χ4n) is 1.42. The van der Waals surface area contributed by atoms with Crippen LogP contribution in [0.4, 0.5) is 0 Å². The van der Waals surface area contributed by atoms with Gasteiger partial charge in [0.05, 0.1) is 7.11 Å². The second kappa shape index (κ2) is 6.39. The number of aryl methyl sites for hydroxylation is 1. The third-order valence-corrected chi connectivity index (χ3v) is 3.75. The molecule has 1 aromatic carbocycles. The van der Waals surface area contributed by atoms with Crippen molar-refractivity contribution in [3.05, 3.63) is 28.8 Å². The standard InChI is InChI=1S/C12H16BrClO/c1-9(8-13)3-4-10-7-11(14)5-6-12(10)15-2/h5-7,9H,3-4,8H2,1-2H3. The molecule has 0 aliphatic heterocycles. The van der Waals surface area contributed by atoms with Crippen molar-refractivity contribution in [3.8, 4) is 5.75 Å². The van der Waals surface area contributed by atoms with Crippen molar-refractivity contribution in [1.29, 1.82) is 0 Å². The predicted octanol–water partition coefficient (Wildman–Crippen LogP) is 4.31. The quantitative estimate of drug-likeness (QED) is 0.735. The largest absolute Gasteiger partial charge is 0.496 e. The Kier molecular flexibility index (Phi) is 5.48. The van der Waals surface area contributed by atoms with Gasteiger partial charge in [0.15, 0.2) is 0 Å².